The average Bonchev–Trinajstić information content (AvgIpc) is 2.97. The summed E-state index contributed by atoms with van der Waals surface area (Å²) >= 11 is 0. The van der Waals surface area contributed by atoms with Crippen LogP contribution >= 0.6 is 0 Å². The lowest BCUT2D eigenvalue weighted by Crippen LogP contribution is -2.33. The van der Waals surface area contributed by atoms with Crippen molar-refractivity contribution in [1.29, 1.82) is 5.26 Å². The molecule has 0 saturated heterocycles. The van der Waals surface area contributed by atoms with E-state index in [-0.39, 0.29) is 28.4 Å². The number of rotatable bonds is 7. The predicted octanol–water partition coefficient (Wildman–Crippen LogP) is 3.03. The molecule has 1 aromatic heterocycles. The van der Waals surface area contributed by atoms with Crippen molar-refractivity contribution in [2.75, 3.05) is 16.8 Å². The summed E-state index contributed by atoms with van der Waals surface area (Å²) < 4.78 is 39.1. The number of anilines is 1. The number of ether oxygens (including phenoxy) is 2. The molecule has 1 heterocycles. The number of amides is 1. The smallest absolute Gasteiger partial charge is 0.427 e. The number of benzene rings is 1. The number of hydrogen-bond donors (Lipinski definition) is 2. The highest BCUT2D eigenvalue weighted by Gasteiger charge is 2.31. The fourth-order valence-electron chi connectivity index (χ4n) is 2.81. The first-order valence-corrected chi connectivity index (χ1v) is 11.3. The van der Waals surface area contributed by atoms with E-state index >= 15 is 0 Å². The van der Waals surface area contributed by atoms with E-state index in [0.29, 0.717) is 0 Å². The highest BCUT2D eigenvalue weighted by atomic mass is 32.2. The molecule has 0 atom stereocenters. The molecule has 34 heavy (non-hydrogen) atoms. The Balaban J connectivity index is 2.62. The molecule has 0 radical (unpaired) electrons. The second-order valence-electron chi connectivity index (χ2n) is 7.82. The van der Waals surface area contributed by atoms with Crippen LogP contribution in [0.15, 0.2) is 29.2 Å². The second kappa shape index (κ2) is 9.79. The van der Waals surface area contributed by atoms with Crippen LogP contribution in [0.25, 0.3) is 0 Å². The van der Waals surface area contributed by atoms with Crippen molar-refractivity contribution < 1.29 is 32.4 Å². The molecule has 0 aliphatic heterocycles. The van der Waals surface area contributed by atoms with Crippen molar-refractivity contribution in [3.8, 4) is 6.07 Å². The van der Waals surface area contributed by atoms with E-state index in [9.17, 15) is 33.4 Å². The Morgan fingerprint density at radius 1 is 1.24 bits per heavy atom. The number of nitriles is 1. The van der Waals surface area contributed by atoms with Gasteiger partial charge < -0.3 is 9.47 Å². The Morgan fingerprint density at radius 3 is 2.29 bits per heavy atom. The molecule has 0 aliphatic rings. The van der Waals surface area contributed by atoms with E-state index in [4.69, 9.17) is 9.47 Å². The monoisotopic (exact) mass is 493 g/mol. The van der Waals surface area contributed by atoms with Crippen LogP contribution in [0.5, 0.6) is 0 Å². The third kappa shape index (κ3) is 5.81. The Morgan fingerprint density at radius 2 is 1.82 bits per heavy atom. The number of carbonyl (C=O) groups excluding carboxylic acids is 2. The highest BCUT2D eigenvalue weighted by Crippen LogP contribution is 2.29. The highest BCUT2D eigenvalue weighted by molar-refractivity contribution is 7.92. The molecular weight excluding hydrogens is 470 g/mol. The molecule has 1 aromatic carbocycles. The van der Waals surface area contributed by atoms with Crippen LogP contribution in [0, 0.1) is 28.4 Å². The maximum Gasteiger partial charge on any atom is 0.427 e. The van der Waals surface area contributed by atoms with Crippen LogP contribution in [0.3, 0.4) is 0 Å². The van der Waals surface area contributed by atoms with Gasteiger partial charge in [0.25, 0.3) is 15.7 Å². The minimum Gasteiger partial charge on any atom is -0.462 e. The minimum atomic E-state index is -4.41. The van der Waals surface area contributed by atoms with Crippen molar-refractivity contribution in [2.24, 2.45) is 0 Å². The van der Waals surface area contributed by atoms with Crippen LogP contribution in [0.2, 0.25) is 0 Å². The SMILES string of the molecule is CCOC(=O)c1c(C#N)c(NS(=O)(=O)c2ccc([N+](=O)[O-])cc2)n(NC(=O)OC(C)(C)C)c1C. The van der Waals surface area contributed by atoms with Crippen LogP contribution < -0.4 is 10.1 Å². The molecule has 0 saturated carbocycles. The van der Waals surface area contributed by atoms with Crippen molar-refractivity contribution in [1.82, 2.24) is 4.68 Å². The average molecular weight is 493 g/mol. The molecule has 13 nitrogen and oxygen atoms in total. The van der Waals surface area contributed by atoms with Gasteiger partial charge in [-0.1, -0.05) is 0 Å². The van der Waals surface area contributed by atoms with Gasteiger partial charge in [-0.25, -0.2) is 28.1 Å². The summed E-state index contributed by atoms with van der Waals surface area (Å²) in [6.45, 7) is 7.73. The number of nitrogens with zero attached hydrogens (tertiary/aromatic N) is 3. The normalized spacial score (nSPS) is 11.3. The molecule has 182 valence electrons. The fourth-order valence-corrected chi connectivity index (χ4v) is 3.87. The summed E-state index contributed by atoms with van der Waals surface area (Å²) in [5.41, 5.74) is 0.417. The molecule has 2 N–H and O–H groups in total. The molecule has 2 rings (SSSR count). The van der Waals surface area contributed by atoms with E-state index in [2.05, 4.69) is 10.1 Å². The van der Waals surface area contributed by atoms with Crippen LogP contribution in [-0.4, -0.2) is 42.3 Å². The van der Waals surface area contributed by atoms with Gasteiger partial charge in [0.05, 0.1) is 22.1 Å². The maximum absolute atomic E-state index is 13.0. The first-order chi connectivity index (χ1) is 15.7. The fraction of sp³-hybridized carbons (Fsp3) is 0.350. The van der Waals surface area contributed by atoms with Gasteiger partial charge in [-0.15, -0.1) is 0 Å². The lowest BCUT2D eigenvalue weighted by Gasteiger charge is -2.21. The van der Waals surface area contributed by atoms with Crippen LogP contribution in [0.1, 0.15) is 49.3 Å². The number of esters is 1. The largest absolute Gasteiger partial charge is 0.462 e. The van der Waals surface area contributed by atoms with Crippen molar-refractivity contribution >= 4 is 33.6 Å². The first-order valence-electron chi connectivity index (χ1n) is 9.81. The summed E-state index contributed by atoms with van der Waals surface area (Å²) in [5, 5.41) is 20.6. The van der Waals surface area contributed by atoms with Gasteiger partial charge in [-0.05, 0) is 46.8 Å². The number of aromatic nitrogens is 1. The quantitative estimate of drug-likeness (QED) is 0.332. The van der Waals surface area contributed by atoms with Crippen LogP contribution in [0.4, 0.5) is 16.3 Å². The van der Waals surface area contributed by atoms with Gasteiger partial charge in [0.2, 0.25) is 0 Å². The lowest BCUT2D eigenvalue weighted by molar-refractivity contribution is -0.384. The first kappa shape index (κ1) is 26.1. The number of nitro benzene ring substituents is 1. The van der Waals surface area contributed by atoms with Gasteiger partial charge in [-0.2, -0.15) is 5.26 Å². The molecule has 0 unspecified atom stereocenters. The molecule has 0 spiro atoms. The second-order valence-corrected chi connectivity index (χ2v) is 9.50. The summed E-state index contributed by atoms with van der Waals surface area (Å²) in [6, 6.07) is 5.74. The number of carbonyl (C=O) groups is 2. The predicted molar refractivity (Wildman–Crippen MR) is 119 cm³/mol. The summed E-state index contributed by atoms with van der Waals surface area (Å²) in [7, 11) is -4.41. The lowest BCUT2D eigenvalue weighted by atomic mass is 10.1. The number of sulfonamides is 1. The van der Waals surface area contributed by atoms with E-state index < -0.39 is 44.0 Å². The van der Waals surface area contributed by atoms with Crippen molar-refractivity contribution in [3.63, 3.8) is 0 Å². The standard InChI is InChI=1S/C20H23N5O8S/c1-6-32-18(26)16-12(2)24(22-19(27)33-20(3,4)5)17(15(16)11-21)23-34(30,31)14-9-7-13(8-10-14)25(28)29/h7-10,23H,6H2,1-5H3,(H,22,27). The van der Waals surface area contributed by atoms with Gasteiger partial charge in [0, 0.05) is 12.1 Å². The summed E-state index contributed by atoms with van der Waals surface area (Å²) in [5.74, 6) is -1.36. The number of non-ortho nitro benzene ring substituents is 1. The Labute approximate surface area is 195 Å². The zero-order valence-corrected chi connectivity index (χ0v) is 19.8. The maximum atomic E-state index is 13.0. The van der Waals surface area contributed by atoms with Gasteiger partial charge >= 0.3 is 12.1 Å². The van der Waals surface area contributed by atoms with E-state index in [0.717, 1.165) is 28.9 Å². The molecular formula is C20H23N5O8S. The molecule has 0 bridgehead atoms. The van der Waals surface area contributed by atoms with E-state index in [1.807, 2.05) is 0 Å². The topological polar surface area (TPSA) is 183 Å². The number of nitro groups is 1. The van der Waals surface area contributed by atoms with E-state index in [1.165, 1.54) is 6.92 Å². The minimum absolute atomic E-state index is 0.00209. The Hall–Kier alpha value is -4.12. The Kier molecular flexibility index (Phi) is 7.53. The third-order valence-electron chi connectivity index (χ3n) is 4.19. The zero-order chi connectivity index (χ0) is 25.8. The number of hydrogen-bond acceptors (Lipinski definition) is 9. The van der Waals surface area contributed by atoms with Gasteiger partial charge in [-0.3, -0.25) is 14.8 Å². The molecule has 0 fully saturated rings. The molecule has 0 aliphatic carbocycles. The molecule has 14 heteroatoms. The third-order valence-corrected chi connectivity index (χ3v) is 5.54. The Bertz CT molecular complexity index is 1270. The molecule has 2 aromatic rings. The van der Waals surface area contributed by atoms with Crippen molar-refractivity contribution in [2.45, 2.75) is 45.1 Å². The van der Waals surface area contributed by atoms with E-state index in [1.54, 1.807) is 33.8 Å². The van der Waals surface area contributed by atoms with Gasteiger partial charge in [0.15, 0.2) is 5.82 Å². The zero-order valence-electron chi connectivity index (χ0n) is 19.0. The van der Waals surface area contributed by atoms with Gasteiger partial charge in [0.1, 0.15) is 22.8 Å². The molecule has 1 amide bonds. The number of nitrogens with one attached hydrogen (secondary N) is 2. The van der Waals surface area contributed by atoms with Crippen LogP contribution in [-0.2, 0) is 19.5 Å². The summed E-state index contributed by atoms with van der Waals surface area (Å²) in [6.07, 6.45) is -0.985. The van der Waals surface area contributed by atoms with Crippen molar-refractivity contribution in [3.05, 3.63) is 51.2 Å². The summed E-state index contributed by atoms with van der Waals surface area (Å²) in [4.78, 5) is 34.7.